The molecule has 1 aliphatic rings. The molecule has 3 rings (SSSR count). The minimum Gasteiger partial charge on any atom is -0.353 e. The van der Waals surface area contributed by atoms with Crippen molar-refractivity contribution in [2.24, 2.45) is 5.92 Å². The van der Waals surface area contributed by atoms with Gasteiger partial charge in [0.25, 0.3) is 0 Å². The van der Waals surface area contributed by atoms with Crippen molar-refractivity contribution < 1.29 is 0 Å². The summed E-state index contributed by atoms with van der Waals surface area (Å²) in [5.41, 5.74) is 0.862. The molecule has 1 N–H and O–H groups in total. The highest BCUT2D eigenvalue weighted by atomic mass is 79.9. The van der Waals surface area contributed by atoms with Gasteiger partial charge in [-0.1, -0.05) is 25.7 Å². The summed E-state index contributed by atoms with van der Waals surface area (Å²) in [5, 5.41) is 7.73. The number of nitrogens with zero attached hydrogens (tertiary/aromatic N) is 3. The molecule has 0 aliphatic heterocycles. The van der Waals surface area contributed by atoms with Gasteiger partial charge in [-0.15, -0.1) is 5.10 Å². The molecule has 0 spiro atoms. The number of fused-ring (bicyclic) bond motifs is 1. The maximum Gasteiger partial charge on any atom is 0.243 e. The third-order valence-electron chi connectivity index (χ3n) is 3.63. The molecule has 0 atom stereocenters. The van der Waals surface area contributed by atoms with E-state index < -0.39 is 0 Å². The first-order valence-electron chi connectivity index (χ1n) is 6.58. The van der Waals surface area contributed by atoms with Gasteiger partial charge < -0.3 is 5.32 Å². The van der Waals surface area contributed by atoms with Gasteiger partial charge in [0.15, 0.2) is 5.65 Å². The van der Waals surface area contributed by atoms with Crippen molar-refractivity contribution in [2.45, 2.75) is 32.1 Å². The fraction of sp³-hybridized carbons (Fsp3) is 0.538. The Balaban J connectivity index is 1.62. The van der Waals surface area contributed by atoms with Gasteiger partial charge in [0, 0.05) is 12.7 Å². The third kappa shape index (κ3) is 2.51. The first-order valence-corrected chi connectivity index (χ1v) is 7.37. The Morgan fingerprint density at radius 2 is 2.22 bits per heavy atom. The van der Waals surface area contributed by atoms with Crippen LogP contribution in [0.1, 0.15) is 32.1 Å². The van der Waals surface area contributed by atoms with Gasteiger partial charge in [0.05, 0.1) is 4.47 Å². The highest BCUT2D eigenvalue weighted by Crippen LogP contribution is 2.27. The lowest BCUT2D eigenvalue weighted by Crippen LogP contribution is -2.07. The Hall–Kier alpha value is -1.10. The van der Waals surface area contributed by atoms with Crippen LogP contribution in [0.3, 0.4) is 0 Å². The first-order chi connectivity index (χ1) is 8.83. The predicted molar refractivity (Wildman–Crippen MR) is 75.8 cm³/mol. The standard InChI is InChI=1S/C13H17BrN4/c14-11-6-3-9-18-12(11)16-13(17-18)15-8-7-10-4-1-2-5-10/h3,6,9-10H,1-2,4-5,7-8H2,(H,15,17). The second kappa shape index (κ2) is 5.26. The number of halogens is 1. The second-order valence-electron chi connectivity index (χ2n) is 4.93. The third-order valence-corrected chi connectivity index (χ3v) is 4.24. The van der Waals surface area contributed by atoms with E-state index in [0.29, 0.717) is 0 Å². The Morgan fingerprint density at radius 1 is 1.39 bits per heavy atom. The fourth-order valence-corrected chi connectivity index (χ4v) is 3.06. The monoisotopic (exact) mass is 308 g/mol. The molecule has 2 aromatic heterocycles. The average Bonchev–Trinajstić information content (AvgIpc) is 2.98. The maximum absolute atomic E-state index is 4.47. The van der Waals surface area contributed by atoms with Crippen molar-refractivity contribution in [3.05, 3.63) is 22.8 Å². The van der Waals surface area contributed by atoms with E-state index in [1.54, 1.807) is 4.52 Å². The van der Waals surface area contributed by atoms with E-state index in [4.69, 9.17) is 0 Å². The van der Waals surface area contributed by atoms with E-state index in [-0.39, 0.29) is 0 Å². The summed E-state index contributed by atoms with van der Waals surface area (Å²) >= 11 is 3.48. The molecule has 5 heteroatoms. The maximum atomic E-state index is 4.47. The van der Waals surface area contributed by atoms with Crippen molar-refractivity contribution in [3.63, 3.8) is 0 Å². The lowest BCUT2D eigenvalue weighted by atomic mass is 10.0. The normalized spacial score (nSPS) is 16.5. The SMILES string of the molecule is Brc1cccn2nc(NCCC3CCCC3)nc12. The number of hydrogen-bond acceptors (Lipinski definition) is 3. The van der Waals surface area contributed by atoms with Gasteiger partial charge in [0.1, 0.15) is 0 Å². The Morgan fingerprint density at radius 3 is 3.00 bits per heavy atom. The van der Waals surface area contributed by atoms with E-state index in [0.717, 1.165) is 28.5 Å². The molecule has 0 unspecified atom stereocenters. The van der Waals surface area contributed by atoms with Gasteiger partial charge >= 0.3 is 0 Å². The molecule has 0 aromatic carbocycles. The molecular weight excluding hydrogens is 292 g/mol. The largest absolute Gasteiger partial charge is 0.353 e. The number of rotatable bonds is 4. The molecule has 4 nitrogen and oxygen atoms in total. The van der Waals surface area contributed by atoms with Crippen LogP contribution in [0.15, 0.2) is 22.8 Å². The smallest absolute Gasteiger partial charge is 0.243 e. The first kappa shape index (κ1) is 12.0. The van der Waals surface area contributed by atoms with Gasteiger partial charge in [0.2, 0.25) is 5.95 Å². The van der Waals surface area contributed by atoms with Crippen LogP contribution in [0.4, 0.5) is 5.95 Å². The minimum atomic E-state index is 0.722. The lowest BCUT2D eigenvalue weighted by Gasteiger charge is -2.07. The van der Waals surface area contributed by atoms with Crippen LogP contribution in [-0.4, -0.2) is 21.1 Å². The summed E-state index contributed by atoms with van der Waals surface area (Å²) in [6.07, 6.45) is 8.75. The van der Waals surface area contributed by atoms with E-state index >= 15 is 0 Å². The van der Waals surface area contributed by atoms with E-state index in [1.165, 1.54) is 32.1 Å². The number of nitrogens with one attached hydrogen (secondary N) is 1. The van der Waals surface area contributed by atoms with Crippen LogP contribution in [0.2, 0.25) is 0 Å². The lowest BCUT2D eigenvalue weighted by molar-refractivity contribution is 0.518. The topological polar surface area (TPSA) is 42.2 Å². The van der Waals surface area contributed by atoms with Crippen LogP contribution < -0.4 is 5.32 Å². The quantitative estimate of drug-likeness (QED) is 0.940. The Kier molecular flexibility index (Phi) is 3.50. The molecule has 1 fully saturated rings. The van der Waals surface area contributed by atoms with Crippen molar-refractivity contribution in [1.29, 1.82) is 0 Å². The molecule has 2 aromatic rings. The van der Waals surface area contributed by atoms with Crippen molar-refractivity contribution in [2.75, 3.05) is 11.9 Å². The highest BCUT2D eigenvalue weighted by Gasteiger charge is 2.14. The molecule has 2 heterocycles. The highest BCUT2D eigenvalue weighted by molar-refractivity contribution is 9.10. The molecule has 1 aliphatic carbocycles. The number of hydrogen-bond donors (Lipinski definition) is 1. The van der Waals surface area contributed by atoms with Crippen molar-refractivity contribution in [1.82, 2.24) is 14.6 Å². The summed E-state index contributed by atoms with van der Waals surface area (Å²) in [5.74, 6) is 1.63. The average molecular weight is 309 g/mol. The van der Waals surface area contributed by atoms with Crippen molar-refractivity contribution >= 4 is 27.5 Å². The number of anilines is 1. The van der Waals surface area contributed by atoms with Gasteiger partial charge in [-0.05, 0) is 40.4 Å². The van der Waals surface area contributed by atoms with E-state index in [2.05, 4.69) is 31.3 Å². The second-order valence-corrected chi connectivity index (χ2v) is 5.78. The van der Waals surface area contributed by atoms with Gasteiger partial charge in [-0.25, -0.2) is 4.52 Å². The molecule has 18 heavy (non-hydrogen) atoms. The number of aromatic nitrogens is 3. The molecular formula is C13H17BrN4. The fourth-order valence-electron chi connectivity index (χ4n) is 2.64. The van der Waals surface area contributed by atoms with Crippen LogP contribution in [0.5, 0.6) is 0 Å². The van der Waals surface area contributed by atoms with Crippen LogP contribution in [-0.2, 0) is 0 Å². The molecule has 1 saturated carbocycles. The Bertz CT molecular complexity index is 531. The predicted octanol–water partition coefficient (Wildman–Crippen LogP) is 3.48. The summed E-state index contributed by atoms with van der Waals surface area (Å²) in [6.45, 7) is 0.971. The van der Waals surface area contributed by atoms with Crippen molar-refractivity contribution in [3.8, 4) is 0 Å². The zero-order valence-corrected chi connectivity index (χ0v) is 11.9. The molecule has 0 radical (unpaired) electrons. The van der Waals surface area contributed by atoms with Gasteiger partial charge in [-0.3, -0.25) is 0 Å². The summed E-state index contributed by atoms with van der Waals surface area (Å²) in [7, 11) is 0. The number of pyridine rings is 1. The minimum absolute atomic E-state index is 0.722. The van der Waals surface area contributed by atoms with E-state index in [9.17, 15) is 0 Å². The van der Waals surface area contributed by atoms with Crippen LogP contribution in [0.25, 0.3) is 5.65 Å². The van der Waals surface area contributed by atoms with Gasteiger partial charge in [-0.2, -0.15) is 4.98 Å². The molecule has 96 valence electrons. The molecule has 0 saturated heterocycles. The van der Waals surface area contributed by atoms with Crippen LogP contribution in [0, 0.1) is 5.92 Å². The molecule has 0 amide bonds. The summed E-state index contributed by atoms with van der Waals surface area (Å²) in [6, 6.07) is 3.93. The summed E-state index contributed by atoms with van der Waals surface area (Å²) in [4.78, 5) is 4.47. The van der Waals surface area contributed by atoms with E-state index in [1.807, 2.05) is 18.3 Å². The molecule has 0 bridgehead atoms. The van der Waals surface area contributed by atoms with Crippen LogP contribution >= 0.6 is 15.9 Å². The zero-order chi connectivity index (χ0) is 12.4. The zero-order valence-electron chi connectivity index (χ0n) is 10.3. The summed E-state index contributed by atoms with van der Waals surface area (Å²) < 4.78 is 2.77. The Labute approximate surface area is 115 Å².